The Hall–Kier alpha value is -5.23. The van der Waals surface area contributed by atoms with Gasteiger partial charge in [-0.05, 0) is 61.7 Å². The zero-order chi connectivity index (χ0) is 30.9. The van der Waals surface area contributed by atoms with E-state index in [0.29, 0.717) is 40.5 Å². The van der Waals surface area contributed by atoms with Crippen LogP contribution in [0.1, 0.15) is 48.9 Å². The molecule has 0 radical (unpaired) electrons. The number of nitrogen functional groups attached to an aromatic ring is 1. The highest BCUT2D eigenvalue weighted by atomic mass is 19.1. The monoisotopic (exact) mass is 606 g/mol. The number of amides is 2. The molecule has 2 saturated heterocycles. The van der Waals surface area contributed by atoms with E-state index in [0.717, 1.165) is 37.2 Å². The Kier molecular flexibility index (Phi) is 7.64. The van der Waals surface area contributed by atoms with Crippen molar-refractivity contribution in [1.29, 1.82) is 0 Å². The topological polar surface area (TPSA) is 141 Å². The first-order valence-corrected chi connectivity index (χ1v) is 15.0. The predicted octanol–water partition coefficient (Wildman–Crippen LogP) is 4.76. The van der Waals surface area contributed by atoms with E-state index in [1.165, 1.54) is 18.6 Å². The predicted molar refractivity (Wildman–Crippen MR) is 165 cm³/mol. The lowest BCUT2D eigenvalue weighted by molar-refractivity contribution is -0.134. The number of aromatic nitrogens is 5. The third-order valence-electron chi connectivity index (χ3n) is 8.47. The lowest BCUT2D eigenvalue weighted by atomic mass is 9.91. The number of hydrogen-bond donors (Lipinski definition) is 2. The highest BCUT2D eigenvalue weighted by Crippen LogP contribution is 2.35. The van der Waals surface area contributed by atoms with Crippen LogP contribution in [0.25, 0.3) is 22.3 Å². The van der Waals surface area contributed by atoms with Gasteiger partial charge in [0.1, 0.15) is 35.2 Å². The van der Waals surface area contributed by atoms with Crippen LogP contribution in [0.5, 0.6) is 11.5 Å². The molecule has 2 fully saturated rings. The number of para-hydroxylation sites is 1. The minimum atomic E-state index is -0.702. The van der Waals surface area contributed by atoms with Crippen molar-refractivity contribution in [2.75, 3.05) is 18.8 Å². The zero-order valence-electron chi connectivity index (χ0n) is 24.4. The van der Waals surface area contributed by atoms with Crippen LogP contribution in [0.4, 0.5) is 10.2 Å². The molecule has 11 nitrogen and oxygen atoms in total. The molecular formula is C33H31FN8O3. The molecule has 5 heterocycles. The molecule has 7 rings (SSSR count). The van der Waals surface area contributed by atoms with E-state index in [1.54, 1.807) is 0 Å². The van der Waals surface area contributed by atoms with Gasteiger partial charge >= 0.3 is 0 Å². The van der Waals surface area contributed by atoms with Crippen molar-refractivity contribution in [3.63, 3.8) is 0 Å². The number of ether oxygens (including phenoxy) is 1. The van der Waals surface area contributed by atoms with Gasteiger partial charge in [-0.15, -0.1) is 0 Å². The number of hydrogen-bond acceptors (Lipinski definition) is 9. The van der Waals surface area contributed by atoms with Crippen molar-refractivity contribution in [2.24, 2.45) is 0 Å². The number of benzene rings is 2. The molecule has 3 aromatic heterocycles. The standard InChI is InChI=1S/C33H31FN8O3/c34-27-16-21(36-17-26(27)25-10-11-28(43)39-33(25)44)18-41-14-12-22(13-15-41)42-32-29(31(35)37-19-38-32)30(40-42)20-6-8-24(9-7-20)45-23-4-2-1-3-5-23/h1-9,16-17,19,22,25H,10-15,18H2,(H2,35,37,38)(H,39,43,44). The summed E-state index contributed by atoms with van der Waals surface area (Å²) in [6.07, 6.45) is 4.98. The number of carbonyl (C=O) groups excluding carboxylic acids is 2. The van der Waals surface area contributed by atoms with E-state index in [2.05, 4.69) is 25.2 Å². The molecule has 12 heteroatoms. The van der Waals surface area contributed by atoms with Gasteiger partial charge in [-0.25, -0.2) is 19.0 Å². The minimum absolute atomic E-state index is 0.0899. The van der Waals surface area contributed by atoms with E-state index in [4.69, 9.17) is 15.6 Å². The van der Waals surface area contributed by atoms with Crippen molar-refractivity contribution >= 4 is 28.7 Å². The molecule has 0 spiro atoms. The van der Waals surface area contributed by atoms with Crippen LogP contribution < -0.4 is 15.8 Å². The number of anilines is 1. The van der Waals surface area contributed by atoms with E-state index < -0.39 is 17.6 Å². The van der Waals surface area contributed by atoms with E-state index in [9.17, 15) is 9.59 Å². The SMILES string of the molecule is Nc1ncnc2c1c(-c1ccc(Oc3ccccc3)cc1)nn2C1CCN(Cc2cc(F)c(C3CCC(=O)NC3=O)cn2)CC1. The number of piperidine rings is 2. The van der Waals surface area contributed by atoms with Crippen LogP contribution >= 0.6 is 0 Å². The van der Waals surface area contributed by atoms with Gasteiger partial charge in [-0.2, -0.15) is 5.10 Å². The molecular weight excluding hydrogens is 575 g/mol. The first kappa shape index (κ1) is 28.5. The number of nitrogens with zero attached hydrogens (tertiary/aromatic N) is 6. The third kappa shape index (κ3) is 5.84. The summed E-state index contributed by atoms with van der Waals surface area (Å²) in [6, 6.07) is 18.8. The summed E-state index contributed by atoms with van der Waals surface area (Å²) < 4.78 is 22.9. The molecule has 2 aliphatic rings. The highest BCUT2D eigenvalue weighted by molar-refractivity contribution is 6.01. The van der Waals surface area contributed by atoms with Gasteiger partial charge in [-0.3, -0.25) is 24.8 Å². The second kappa shape index (κ2) is 12.0. The van der Waals surface area contributed by atoms with Crippen molar-refractivity contribution in [3.05, 3.63) is 90.3 Å². The number of imide groups is 1. The van der Waals surface area contributed by atoms with E-state index in [-0.39, 0.29) is 30.4 Å². The maximum absolute atomic E-state index is 15.0. The number of fused-ring (bicyclic) bond motifs is 1. The van der Waals surface area contributed by atoms with Crippen molar-refractivity contribution in [3.8, 4) is 22.8 Å². The second-order valence-corrected chi connectivity index (χ2v) is 11.4. The molecule has 1 atom stereocenters. The summed E-state index contributed by atoms with van der Waals surface area (Å²) in [5.74, 6) is -0.138. The lowest BCUT2D eigenvalue weighted by Crippen LogP contribution is -2.39. The molecule has 1 unspecified atom stereocenters. The fraction of sp³-hybridized carbons (Fsp3) is 0.273. The molecule has 0 aliphatic carbocycles. The van der Waals surface area contributed by atoms with Crippen LogP contribution in [0, 0.1) is 5.82 Å². The van der Waals surface area contributed by atoms with Gasteiger partial charge in [0.05, 0.1) is 23.0 Å². The molecule has 2 aliphatic heterocycles. The summed E-state index contributed by atoms with van der Waals surface area (Å²) in [5.41, 5.74) is 9.45. The van der Waals surface area contributed by atoms with Crippen molar-refractivity contribution in [2.45, 2.75) is 44.2 Å². The largest absolute Gasteiger partial charge is 0.457 e. The fourth-order valence-electron chi connectivity index (χ4n) is 6.12. The molecule has 2 amide bonds. The maximum Gasteiger partial charge on any atom is 0.234 e. The Morgan fingerprint density at radius 3 is 2.44 bits per heavy atom. The fourth-order valence-corrected chi connectivity index (χ4v) is 6.12. The number of likely N-dealkylation sites (tertiary alicyclic amines) is 1. The summed E-state index contributed by atoms with van der Waals surface area (Å²) in [4.78, 5) is 39.1. The van der Waals surface area contributed by atoms with Gasteiger partial charge in [0.15, 0.2) is 5.65 Å². The average Bonchev–Trinajstić information content (AvgIpc) is 3.44. The number of halogens is 1. The molecule has 2 aromatic carbocycles. The number of nitrogens with two attached hydrogens (primary N) is 1. The summed E-state index contributed by atoms with van der Waals surface area (Å²) in [6.45, 7) is 1.99. The van der Waals surface area contributed by atoms with Crippen LogP contribution in [0.2, 0.25) is 0 Å². The summed E-state index contributed by atoms with van der Waals surface area (Å²) >= 11 is 0. The van der Waals surface area contributed by atoms with E-state index >= 15 is 4.39 Å². The number of pyridine rings is 1. The van der Waals surface area contributed by atoms with Crippen molar-refractivity contribution in [1.82, 2.24) is 34.9 Å². The summed E-state index contributed by atoms with van der Waals surface area (Å²) in [5, 5.41) is 8.00. The number of rotatable bonds is 7. The van der Waals surface area contributed by atoms with Gasteiger partial charge in [0.2, 0.25) is 11.8 Å². The molecule has 3 N–H and O–H groups in total. The molecule has 0 bridgehead atoms. The van der Waals surface area contributed by atoms with Crippen LogP contribution in [0.15, 0.2) is 73.2 Å². The Bertz CT molecular complexity index is 1870. The highest BCUT2D eigenvalue weighted by Gasteiger charge is 2.31. The number of nitrogens with one attached hydrogen (secondary N) is 1. The van der Waals surface area contributed by atoms with Crippen molar-refractivity contribution < 1.29 is 18.7 Å². The second-order valence-electron chi connectivity index (χ2n) is 11.4. The first-order valence-electron chi connectivity index (χ1n) is 15.0. The van der Waals surface area contributed by atoms with Gasteiger partial charge in [0.25, 0.3) is 0 Å². The maximum atomic E-state index is 15.0. The quantitative estimate of drug-likeness (QED) is 0.251. The Balaban J connectivity index is 1.05. The first-order chi connectivity index (χ1) is 21.9. The molecule has 5 aromatic rings. The van der Waals surface area contributed by atoms with E-state index in [1.807, 2.05) is 59.3 Å². The minimum Gasteiger partial charge on any atom is -0.457 e. The molecule has 228 valence electrons. The normalized spacial score (nSPS) is 17.8. The molecule has 0 saturated carbocycles. The molecule has 45 heavy (non-hydrogen) atoms. The Labute approximate surface area is 258 Å². The Morgan fingerprint density at radius 2 is 1.71 bits per heavy atom. The van der Waals surface area contributed by atoms with Gasteiger partial charge in [-0.1, -0.05) is 18.2 Å². The smallest absolute Gasteiger partial charge is 0.234 e. The average molecular weight is 607 g/mol. The number of carbonyl (C=O) groups is 2. The van der Waals surface area contributed by atoms with Crippen LogP contribution in [0.3, 0.4) is 0 Å². The Morgan fingerprint density at radius 1 is 0.956 bits per heavy atom. The lowest BCUT2D eigenvalue weighted by Gasteiger charge is -2.32. The van der Waals surface area contributed by atoms with Crippen LogP contribution in [-0.4, -0.2) is 54.5 Å². The van der Waals surface area contributed by atoms with Crippen LogP contribution in [-0.2, 0) is 16.1 Å². The zero-order valence-corrected chi connectivity index (χ0v) is 24.4. The van der Waals surface area contributed by atoms with Gasteiger partial charge < -0.3 is 10.5 Å². The van der Waals surface area contributed by atoms with Gasteiger partial charge in [0, 0.05) is 43.4 Å². The summed E-state index contributed by atoms with van der Waals surface area (Å²) in [7, 11) is 0. The third-order valence-corrected chi connectivity index (χ3v) is 8.47.